The first kappa shape index (κ1) is 17.4. The molecule has 0 spiro atoms. The number of hydrogen-bond acceptors (Lipinski definition) is 5. The van der Waals surface area contributed by atoms with E-state index in [0.29, 0.717) is 17.5 Å². The maximum Gasteiger partial charge on any atom is 0.276 e. The zero-order valence-electron chi connectivity index (χ0n) is 15.4. The number of amides is 2. The van der Waals surface area contributed by atoms with E-state index in [0.717, 1.165) is 56.5 Å². The van der Waals surface area contributed by atoms with E-state index in [1.165, 1.54) is 6.20 Å². The normalized spacial score (nSPS) is 30.6. The Morgan fingerprint density at radius 1 is 1.50 bits per heavy atom. The molecular formula is C19H26N4O3. The van der Waals surface area contributed by atoms with Gasteiger partial charge in [-0.3, -0.25) is 24.7 Å². The summed E-state index contributed by atoms with van der Waals surface area (Å²) in [6.45, 7) is 3.79. The van der Waals surface area contributed by atoms with Crippen LogP contribution < -0.4 is 5.48 Å². The monoisotopic (exact) mass is 358 g/mol. The number of aromatic nitrogens is 1. The van der Waals surface area contributed by atoms with Gasteiger partial charge in [0.2, 0.25) is 5.91 Å². The fraction of sp³-hybridized carbons (Fsp3) is 0.632. The highest BCUT2D eigenvalue weighted by Gasteiger charge is 2.55. The topological polar surface area (TPSA) is 85.8 Å². The molecule has 26 heavy (non-hydrogen) atoms. The van der Waals surface area contributed by atoms with Gasteiger partial charge < -0.3 is 4.90 Å². The van der Waals surface area contributed by atoms with Crippen molar-refractivity contribution in [1.29, 1.82) is 0 Å². The Bertz CT molecular complexity index is 752. The Kier molecular flexibility index (Phi) is 4.23. The quantitative estimate of drug-likeness (QED) is 0.627. The van der Waals surface area contributed by atoms with Gasteiger partial charge in [-0.2, -0.15) is 0 Å². The summed E-state index contributed by atoms with van der Waals surface area (Å²) in [6, 6.07) is 2.22. The molecule has 7 nitrogen and oxygen atoms in total. The number of rotatable bonds is 4. The fourth-order valence-corrected chi connectivity index (χ4v) is 5.09. The number of carbonyl (C=O) groups is 2. The third kappa shape index (κ3) is 2.61. The van der Waals surface area contributed by atoms with Crippen LogP contribution in [0.4, 0.5) is 0 Å². The summed E-state index contributed by atoms with van der Waals surface area (Å²) < 4.78 is 0. The fourth-order valence-electron chi connectivity index (χ4n) is 5.09. The second-order valence-corrected chi connectivity index (χ2v) is 8.00. The average Bonchev–Trinajstić information content (AvgIpc) is 3.18. The van der Waals surface area contributed by atoms with Crippen molar-refractivity contribution >= 4 is 11.8 Å². The van der Waals surface area contributed by atoms with Crippen LogP contribution in [-0.4, -0.2) is 57.0 Å². The third-order valence-corrected chi connectivity index (χ3v) is 6.69. The van der Waals surface area contributed by atoms with Crippen LogP contribution in [0.5, 0.6) is 0 Å². The molecule has 2 aliphatic heterocycles. The van der Waals surface area contributed by atoms with Crippen LogP contribution in [0.2, 0.25) is 0 Å². The predicted molar refractivity (Wildman–Crippen MR) is 94.5 cm³/mol. The maximum atomic E-state index is 12.3. The molecule has 0 radical (unpaired) electrons. The molecule has 2 amide bonds. The number of nitrogens with one attached hydrogen (secondary N) is 1. The van der Waals surface area contributed by atoms with Crippen LogP contribution >= 0.6 is 0 Å². The molecule has 2 fully saturated rings. The largest absolute Gasteiger partial charge is 0.339 e. The molecule has 1 aliphatic carbocycles. The van der Waals surface area contributed by atoms with Gasteiger partial charge in [0.15, 0.2) is 0 Å². The van der Waals surface area contributed by atoms with Gasteiger partial charge in [0, 0.05) is 50.4 Å². The van der Waals surface area contributed by atoms with E-state index in [1.807, 2.05) is 18.0 Å². The predicted octanol–water partition coefficient (Wildman–Crippen LogP) is 1.35. The zero-order valence-corrected chi connectivity index (χ0v) is 15.4. The van der Waals surface area contributed by atoms with Crippen LogP contribution in [0.3, 0.4) is 0 Å². The van der Waals surface area contributed by atoms with Crippen molar-refractivity contribution in [2.45, 2.75) is 57.2 Å². The molecule has 4 rings (SSSR count). The van der Waals surface area contributed by atoms with Gasteiger partial charge in [0.25, 0.3) is 5.91 Å². The highest BCUT2D eigenvalue weighted by Crippen LogP contribution is 2.47. The molecule has 1 aromatic heterocycles. The molecule has 140 valence electrons. The van der Waals surface area contributed by atoms with E-state index in [4.69, 9.17) is 5.21 Å². The summed E-state index contributed by atoms with van der Waals surface area (Å²) in [5.74, 6) is -0.0354. The minimum absolute atomic E-state index is 0.0415. The van der Waals surface area contributed by atoms with Crippen LogP contribution in [0.25, 0.3) is 0 Å². The number of pyridine rings is 1. The van der Waals surface area contributed by atoms with Gasteiger partial charge in [-0.1, -0.05) is 6.92 Å². The van der Waals surface area contributed by atoms with Gasteiger partial charge >= 0.3 is 0 Å². The number of likely N-dealkylation sites (N-methyl/N-ethyl adjacent to an activating group) is 1. The van der Waals surface area contributed by atoms with Crippen molar-refractivity contribution in [3.05, 3.63) is 29.1 Å². The van der Waals surface area contributed by atoms with Crippen LogP contribution in [-0.2, 0) is 17.8 Å². The van der Waals surface area contributed by atoms with Crippen LogP contribution in [0, 0.1) is 5.92 Å². The standard InChI is InChI=1S/C19H26N4O3/c1-3-15-7-16-14(6-13(9-20-16)17(24)21-26)10-23(15)11-19-5-4-12(8-19)18(25)22(19)2/h6,9,12,15,26H,3-5,7-8,10-11H2,1-2H3,(H,21,24)/t12?,15-,19?/m0/s1. The van der Waals surface area contributed by atoms with Crippen molar-refractivity contribution in [2.75, 3.05) is 13.6 Å². The van der Waals surface area contributed by atoms with E-state index < -0.39 is 5.91 Å². The number of hydrogen-bond donors (Lipinski definition) is 2. The van der Waals surface area contributed by atoms with Gasteiger partial charge in [-0.05, 0) is 37.3 Å². The molecule has 2 bridgehead atoms. The van der Waals surface area contributed by atoms with Crippen molar-refractivity contribution in [3.63, 3.8) is 0 Å². The lowest BCUT2D eigenvalue weighted by atomic mass is 9.91. The number of carbonyl (C=O) groups excluding carboxylic acids is 2. The number of piperidine rings is 1. The van der Waals surface area contributed by atoms with Gasteiger partial charge in [0.1, 0.15) is 0 Å². The minimum atomic E-state index is -0.539. The molecule has 1 saturated heterocycles. The van der Waals surface area contributed by atoms with Crippen LogP contribution in [0.1, 0.15) is 54.2 Å². The summed E-state index contributed by atoms with van der Waals surface area (Å²) in [5, 5.41) is 8.86. The Balaban J connectivity index is 1.59. The number of likely N-dealkylation sites (tertiary alicyclic amines) is 1. The third-order valence-electron chi connectivity index (χ3n) is 6.69. The molecule has 2 unspecified atom stereocenters. The van der Waals surface area contributed by atoms with Gasteiger partial charge in [0.05, 0.1) is 11.1 Å². The molecule has 0 aromatic carbocycles. The molecule has 3 aliphatic rings. The lowest BCUT2D eigenvalue weighted by molar-refractivity contribution is -0.135. The first-order chi connectivity index (χ1) is 12.5. The molecule has 7 heteroatoms. The summed E-state index contributed by atoms with van der Waals surface area (Å²) in [4.78, 5) is 33.0. The first-order valence-electron chi connectivity index (χ1n) is 9.41. The smallest absolute Gasteiger partial charge is 0.276 e. The van der Waals surface area contributed by atoms with Crippen molar-refractivity contribution in [2.24, 2.45) is 5.92 Å². The molecule has 2 N–H and O–H groups in total. The average molecular weight is 358 g/mol. The Morgan fingerprint density at radius 2 is 2.31 bits per heavy atom. The van der Waals surface area contributed by atoms with Crippen LogP contribution in [0.15, 0.2) is 12.3 Å². The molecule has 3 atom stereocenters. The maximum absolute atomic E-state index is 12.3. The summed E-state index contributed by atoms with van der Waals surface area (Å²) >= 11 is 0. The van der Waals surface area contributed by atoms with E-state index >= 15 is 0 Å². The second-order valence-electron chi connectivity index (χ2n) is 8.00. The Hall–Kier alpha value is -1.99. The van der Waals surface area contributed by atoms with E-state index in [-0.39, 0.29) is 11.5 Å². The molecule has 1 aromatic rings. The first-order valence-corrected chi connectivity index (χ1v) is 9.41. The number of hydroxylamine groups is 1. The highest BCUT2D eigenvalue weighted by molar-refractivity contribution is 5.93. The molecular weight excluding hydrogens is 332 g/mol. The molecule has 1 saturated carbocycles. The van der Waals surface area contributed by atoms with Crippen molar-refractivity contribution in [1.82, 2.24) is 20.3 Å². The Labute approximate surface area is 153 Å². The number of fused-ring (bicyclic) bond motifs is 3. The van der Waals surface area contributed by atoms with Crippen molar-refractivity contribution < 1.29 is 14.8 Å². The minimum Gasteiger partial charge on any atom is -0.339 e. The van der Waals surface area contributed by atoms with Gasteiger partial charge in [-0.15, -0.1) is 0 Å². The molecule has 3 heterocycles. The Morgan fingerprint density at radius 3 is 2.96 bits per heavy atom. The van der Waals surface area contributed by atoms with E-state index in [1.54, 1.807) is 5.48 Å². The lowest BCUT2D eigenvalue weighted by Crippen LogP contribution is -2.55. The van der Waals surface area contributed by atoms with E-state index in [2.05, 4.69) is 16.8 Å². The van der Waals surface area contributed by atoms with Gasteiger partial charge in [-0.25, -0.2) is 5.48 Å². The van der Waals surface area contributed by atoms with Crippen molar-refractivity contribution in [3.8, 4) is 0 Å². The number of nitrogens with zero attached hydrogens (tertiary/aromatic N) is 3. The summed E-state index contributed by atoms with van der Waals surface area (Å²) in [7, 11) is 1.95. The summed E-state index contributed by atoms with van der Waals surface area (Å²) in [6.07, 6.45) is 6.45. The van der Waals surface area contributed by atoms with E-state index in [9.17, 15) is 9.59 Å². The SMILES string of the molecule is CC[C@H]1Cc2ncc(C(=O)NO)cc2CN1CC12CCC(C1)C(=O)N2C. The zero-order chi connectivity index (χ0) is 18.5. The lowest BCUT2D eigenvalue weighted by Gasteiger charge is -2.44. The second kappa shape index (κ2) is 6.32. The highest BCUT2D eigenvalue weighted by atomic mass is 16.5. The summed E-state index contributed by atoms with van der Waals surface area (Å²) in [5.41, 5.74) is 4.06.